The lowest BCUT2D eigenvalue weighted by Crippen LogP contribution is -2.49. The lowest BCUT2D eigenvalue weighted by Gasteiger charge is -2.36. The fourth-order valence-corrected chi connectivity index (χ4v) is 5.68. The highest BCUT2D eigenvalue weighted by molar-refractivity contribution is 5.97. The van der Waals surface area contributed by atoms with Gasteiger partial charge in [-0.05, 0) is 42.8 Å². The van der Waals surface area contributed by atoms with Crippen LogP contribution >= 0.6 is 0 Å². The number of ether oxygens (including phenoxy) is 1. The molecule has 2 amide bonds. The van der Waals surface area contributed by atoms with E-state index in [0.717, 1.165) is 48.2 Å². The Hall–Kier alpha value is -3.61. The van der Waals surface area contributed by atoms with E-state index in [9.17, 15) is 9.59 Å². The van der Waals surface area contributed by atoms with Crippen LogP contribution in [-0.2, 0) is 4.79 Å². The molecular formula is C35H48N4O3. The Morgan fingerprint density at radius 3 is 2.07 bits per heavy atom. The molecule has 1 N–H and O–H groups in total. The Balaban J connectivity index is 1.14. The number of methoxy groups -OCH3 is 1. The van der Waals surface area contributed by atoms with Crippen LogP contribution in [0.1, 0.15) is 94.5 Å². The summed E-state index contributed by atoms with van der Waals surface area (Å²) < 4.78 is 5.52. The van der Waals surface area contributed by atoms with Crippen molar-refractivity contribution in [3.63, 3.8) is 0 Å². The van der Waals surface area contributed by atoms with E-state index in [0.29, 0.717) is 31.0 Å². The third-order valence-electron chi connectivity index (χ3n) is 8.21. The number of nitrogens with one attached hydrogen (secondary N) is 1. The number of nitrogens with zero attached hydrogens (tertiary/aromatic N) is 3. The predicted octanol–water partition coefficient (Wildman–Crippen LogP) is 7.85. The summed E-state index contributed by atoms with van der Waals surface area (Å²) in [6.45, 7) is 4.97. The van der Waals surface area contributed by atoms with Crippen LogP contribution in [0.5, 0.6) is 5.75 Å². The first-order valence-electron chi connectivity index (χ1n) is 16.0. The van der Waals surface area contributed by atoms with E-state index >= 15 is 0 Å². The standard InChI is InChI=1S/C35H48N4O3/c1-3-4-5-6-7-8-9-10-11-12-13-18-34(40)36-28-19-21-29(22-20-28)38-23-25-39(26-24-38)35(41)32-27-33(42-2)30-16-14-15-17-31(30)37-32/h14-17,19-22,27H,3-13,18,23-26H2,1-2H3,(H,36,40). The van der Waals surface area contributed by atoms with Crippen molar-refractivity contribution < 1.29 is 14.3 Å². The first-order chi connectivity index (χ1) is 20.6. The molecule has 1 aromatic heterocycles. The normalized spacial score (nSPS) is 13.4. The number of fused-ring (bicyclic) bond motifs is 1. The summed E-state index contributed by atoms with van der Waals surface area (Å²) in [6, 6.07) is 17.5. The summed E-state index contributed by atoms with van der Waals surface area (Å²) >= 11 is 0. The third-order valence-corrected chi connectivity index (χ3v) is 8.21. The number of pyridine rings is 1. The highest BCUT2D eigenvalue weighted by atomic mass is 16.5. The first kappa shape index (κ1) is 31.3. The molecule has 226 valence electrons. The van der Waals surface area contributed by atoms with Crippen molar-refractivity contribution in [2.75, 3.05) is 43.5 Å². The second-order valence-corrected chi connectivity index (χ2v) is 11.4. The molecule has 0 unspecified atom stereocenters. The quantitative estimate of drug-likeness (QED) is 0.177. The third kappa shape index (κ3) is 9.20. The van der Waals surface area contributed by atoms with Crippen molar-refractivity contribution in [1.82, 2.24) is 9.88 Å². The molecule has 1 fully saturated rings. The lowest BCUT2D eigenvalue weighted by molar-refractivity contribution is -0.116. The number of hydrogen-bond donors (Lipinski definition) is 1. The van der Waals surface area contributed by atoms with Crippen molar-refractivity contribution in [3.8, 4) is 5.75 Å². The first-order valence-corrected chi connectivity index (χ1v) is 16.0. The Bertz CT molecular complexity index is 1270. The zero-order chi connectivity index (χ0) is 29.6. The average molecular weight is 573 g/mol. The van der Waals surface area contributed by atoms with Crippen LogP contribution in [0, 0.1) is 0 Å². The minimum atomic E-state index is -0.0745. The summed E-state index contributed by atoms with van der Waals surface area (Å²) in [5.41, 5.74) is 3.09. The van der Waals surface area contributed by atoms with Crippen molar-refractivity contribution in [3.05, 3.63) is 60.3 Å². The van der Waals surface area contributed by atoms with E-state index in [-0.39, 0.29) is 11.8 Å². The SMILES string of the molecule is CCCCCCCCCCCCCC(=O)Nc1ccc(N2CCN(C(=O)c3cc(OC)c4ccccc4n3)CC2)cc1. The maximum absolute atomic E-state index is 13.2. The largest absolute Gasteiger partial charge is 0.496 e. The summed E-state index contributed by atoms with van der Waals surface area (Å²) in [4.78, 5) is 34.4. The van der Waals surface area contributed by atoms with Crippen LogP contribution in [0.4, 0.5) is 11.4 Å². The van der Waals surface area contributed by atoms with E-state index in [2.05, 4.69) is 22.1 Å². The Labute approximate surface area is 251 Å². The maximum Gasteiger partial charge on any atom is 0.272 e. The van der Waals surface area contributed by atoms with E-state index < -0.39 is 0 Å². The second-order valence-electron chi connectivity index (χ2n) is 11.4. The molecule has 2 heterocycles. The van der Waals surface area contributed by atoms with Crippen LogP contribution in [0.2, 0.25) is 0 Å². The number of hydrogen-bond acceptors (Lipinski definition) is 5. The Kier molecular flexibility index (Phi) is 12.5. The molecule has 7 nitrogen and oxygen atoms in total. The van der Waals surface area contributed by atoms with Crippen LogP contribution < -0.4 is 15.0 Å². The molecule has 0 spiro atoms. The predicted molar refractivity (Wildman–Crippen MR) is 173 cm³/mol. The monoisotopic (exact) mass is 572 g/mol. The van der Waals surface area contributed by atoms with Gasteiger partial charge in [-0.1, -0.05) is 83.3 Å². The van der Waals surface area contributed by atoms with Gasteiger partial charge in [0.2, 0.25) is 5.91 Å². The number of aromatic nitrogens is 1. The van der Waals surface area contributed by atoms with E-state index in [1.54, 1.807) is 13.2 Å². The van der Waals surface area contributed by atoms with Gasteiger partial charge in [-0.25, -0.2) is 4.98 Å². The van der Waals surface area contributed by atoms with Crippen molar-refractivity contribution in [2.45, 2.75) is 84.0 Å². The van der Waals surface area contributed by atoms with Crippen LogP contribution in [0.25, 0.3) is 10.9 Å². The van der Waals surface area contributed by atoms with Crippen molar-refractivity contribution in [1.29, 1.82) is 0 Å². The van der Waals surface area contributed by atoms with Crippen LogP contribution in [0.15, 0.2) is 54.6 Å². The topological polar surface area (TPSA) is 74.8 Å². The molecule has 0 aliphatic carbocycles. The van der Waals surface area contributed by atoms with Crippen LogP contribution in [-0.4, -0.2) is 55.0 Å². The van der Waals surface area contributed by atoms with Gasteiger partial charge < -0.3 is 19.9 Å². The molecule has 1 aliphatic rings. The van der Waals surface area contributed by atoms with E-state index in [1.807, 2.05) is 53.4 Å². The number of rotatable bonds is 16. The number of unbranched alkanes of at least 4 members (excludes halogenated alkanes) is 10. The van der Waals surface area contributed by atoms with E-state index in [1.165, 1.54) is 57.8 Å². The van der Waals surface area contributed by atoms with Gasteiger partial charge in [0.25, 0.3) is 5.91 Å². The smallest absolute Gasteiger partial charge is 0.272 e. The van der Waals surface area contributed by atoms with Gasteiger partial charge in [-0.3, -0.25) is 9.59 Å². The Morgan fingerprint density at radius 2 is 1.43 bits per heavy atom. The molecule has 0 saturated carbocycles. The molecule has 2 aromatic carbocycles. The number of para-hydroxylation sites is 1. The molecule has 4 rings (SSSR count). The molecular weight excluding hydrogens is 524 g/mol. The molecule has 1 aliphatic heterocycles. The molecule has 1 saturated heterocycles. The summed E-state index contributed by atoms with van der Waals surface area (Å²) in [7, 11) is 1.62. The fraction of sp³-hybridized carbons (Fsp3) is 0.514. The molecule has 7 heteroatoms. The van der Waals surface area contributed by atoms with Gasteiger partial charge in [0, 0.05) is 55.4 Å². The lowest BCUT2D eigenvalue weighted by atomic mass is 10.1. The number of anilines is 2. The van der Waals surface area contributed by atoms with E-state index in [4.69, 9.17) is 4.74 Å². The number of amides is 2. The van der Waals surface area contributed by atoms with Gasteiger partial charge in [0.1, 0.15) is 11.4 Å². The number of benzene rings is 2. The fourth-order valence-electron chi connectivity index (χ4n) is 5.68. The minimum absolute atomic E-state index is 0.0745. The number of piperazine rings is 1. The molecule has 0 bridgehead atoms. The molecule has 0 radical (unpaired) electrons. The highest BCUT2D eigenvalue weighted by Gasteiger charge is 2.24. The zero-order valence-corrected chi connectivity index (χ0v) is 25.6. The molecule has 3 aromatic rings. The highest BCUT2D eigenvalue weighted by Crippen LogP contribution is 2.26. The molecule has 42 heavy (non-hydrogen) atoms. The van der Waals surface area contributed by atoms with Crippen molar-refractivity contribution >= 4 is 34.1 Å². The van der Waals surface area contributed by atoms with Gasteiger partial charge >= 0.3 is 0 Å². The summed E-state index contributed by atoms with van der Waals surface area (Å²) in [5, 5.41) is 3.94. The number of carbonyl (C=O) groups is 2. The molecule has 0 atom stereocenters. The van der Waals surface area contributed by atoms with Crippen LogP contribution in [0.3, 0.4) is 0 Å². The van der Waals surface area contributed by atoms with Crippen molar-refractivity contribution in [2.24, 2.45) is 0 Å². The maximum atomic E-state index is 13.2. The Morgan fingerprint density at radius 1 is 0.810 bits per heavy atom. The second kappa shape index (κ2) is 16.7. The summed E-state index contributed by atoms with van der Waals surface area (Å²) in [5.74, 6) is 0.674. The zero-order valence-electron chi connectivity index (χ0n) is 25.6. The van der Waals surface area contributed by atoms with Gasteiger partial charge in [0.05, 0.1) is 12.6 Å². The van der Waals surface area contributed by atoms with Gasteiger partial charge in [0.15, 0.2) is 0 Å². The average Bonchev–Trinajstić information content (AvgIpc) is 3.03. The summed E-state index contributed by atoms with van der Waals surface area (Å²) in [6.07, 6.45) is 14.7. The number of carbonyl (C=O) groups excluding carboxylic acids is 2. The van der Waals surface area contributed by atoms with Gasteiger partial charge in [-0.2, -0.15) is 0 Å². The van der Waals surface area contributed by atoms with Gasteiger partial charge in [-0.15, -0.1) is 0 Å². The minimum Gasteiger partial charge on any atom is -0.496 e.